The Bertz CT molecular complexity index is 583. The molecule has 2 atom stereocenters. The van der Waals surface area contributed by atoms with Crippen LogP contribution in [0.5, 0.6) is 5.75 Å². The van der Waals surface area contributed by atoms with E-state index < -0.39 is 0 Å². The Balaban J connectivity index is 1.94. The number of nitrogens with zero attached hydrogens (tertiary/aromatic N) is 1. The molecule has 18 heavy (non-hydrogen) atoms. The summed E-state index contributed by atoms with van der Waals surface area (Å²) >= 11 is 6.10. The largest absolute Gasteiger partial charge is 0.508 e. The number of pyridine rings is 1. The Kier molecular flexibility index (Phi) is 2.73. The van der Waals surface area contributed by atoms with Gasteiger partial charge < -0.3 is 10.8 Å². The van der Waals surface area contributed by atoms with Gasteiger partial charge in [0, 0.05) is 23.7 Å². The minimum atomic E-state index is 0.185. The molecule has 1 aliphatic rings. The Hall–Kier alpha value is -1.58. The van der Waals surface area contributed by atoms with Crippen LogP contribution in [0.15, 0.2) is 36.5 Å². The minimum Gasteiger partial charge on any atom is -0.508 e. The molecule has 1 aromatic carbocycles. The first kappa shape index (κ1) is 11.5. The van der Waals surface area contributed by atoms with Crippen LogP contribution >= 0.6 is 11.6 Å². The third-order valence-electron chi connectivity index (χ3n) is 3.28. The van der Waals surface area contributed by atoms with Crippen molar-refractivity contribution in [3.05, 3.63) is 47.1 Å². The van der Waals surface area contributed by atoms with Crippen molar-refractivity contribution in [1.29, 1.82) is 0 Å². The molecule has 3 nitrogen and oxygen atoms in total. The molecule has 0 aliphatic heterocycles. The van der Waals surface area contributed by atoms with Crippen molar-refractivity contribution in [3.8, 4) is 17.0 Å². The number of aromatic hydroxyl groups is 1. The maximum Gasteiger partial charge on any atom is 0.116 e. The van der Waals surface area contributed by atoms with E-state index in [0.29, 0.717) is 10.9 Å². The summed E-state index contributed by atoms with van der Waals surface area (Å²) in [6.07, 6.45) is 2.88. The zero-order valence-electron chi connectivity index (χ0n) is 9.68. The van der Waals surface area contributed by atoms with Crippen LogP contribution in [0.4, 0.5) is 0 Å². The number of phenols is 1. The van der Waals surface area contributed by atoms with Gasteiger partial charge >= 0.3 is 0 Å². The quantitative estimate of drug-likeness (QED) is 0.873. The molecule has 92 valence electrons. The summed E-state index contributed by atoms with van der Waals surface area (Å²) in [6, 6.07) is 9.07. The molecule has 1 saturated carbocycles. The van der Waals surface area contributed by atoms with Crippen LogP contribution in [0.25, 0.3) is 11.3 Å². The van der Waals surface area contributed by atoms with Gasteiger partial charge in [-0.15, -0.1) is 0 Å². The van der Waals surface area contributed by atoms with Crippen molar-refractivity contribution < 1.29 is 5.11 Å². The lowest BCUT2D eigenvalue weighted by Crippen LogP contribution is -2.01. The summed E-state index contributed by atoms with van der Waals surface area (Å²) in [5, 5.41) is 10.1. The van der Waals surface area contributed by atoms with Crippen LogP contribution in [0, 0.1) is 0 Å². The lowest BCUT2D eigenvalue weighted by atomic mass is 10.1. The average molecular weight is 261 g/mol. The molecular weight excluding hydrogens is 248 g/mol. The zero-order valence-corrected chi connectivity index (χ0v) is 10.4. The second-order valence-corrected chi connectivity index (χ2v) is 5.05. The van der Waals surface area contributed by atoms with E-state index >= 15 is 0 Å². The van der Waals surface area contributed by atoms with E-state index in [1.807, 2.05) is 18.3 Å². The van der Waals surface area contributed by atoms with Gasteiger partial charge in [0.05, 0.1) is 10.7 Å². The predicted octanol–water partition coefficient (Wildman–Crippen LogP) is 2.92. The second kappa shape index (κ2) is 4.26. The summed E-state index contributed by atoms with van der Waals surface area (Å²) in [4.78, 5) is 4.40. The van der Waals surface area contributed by atoms with Gasteiger partial charge in [-0.1, -0.05) is 17.7 Å². The van der Waals surface area contributed by atoms with E-state index in [2.05, 4.69) is 4.98 Å². The van der Waals surface area contributed by atoms with Crippen LogP contribution in [-0.2, 0) is 0 Å². The maximum absolute atomic E-state index is 9.48. The molecule has 0 saturated heterocycles. The van der Waals surface area contributed by atoms with Crippen LogP contribution in [0.3, 0.4) is 0 Å². The molecule has 0 bridgehead atoms. The number of aromatic nitrogens is 1. The molecule has 3 rings (SSSR count). The van der Waals surface area contributed by atoms with Crippen molar-refractivity contribution in [2.45, 2.75) is 18.4 Å². The van der Waals surface area contributed by atoms with Crippen LogP contribution in [-0.4, -0.2) is 16.1 Å². The first-order valence-electron chi connectivity index (χ1n) is 5.85. The molecule has 3 N–H and O–H groups in total. The number of halogens is 1. The Morgan fingerprint density at radius 2 is 2.06 bits per heavy atom. The van der Waals surface area contributed by atoms with Gasteiger partial charge in [0.15, 0.2) is 0 Å². The summed E-state index contributed by atoms with van der Waals surface area (Å²) in [6.45, 7) is 0. The summed E-state index contributed by atoms with van der Waals surface area (Å²) in [5.41, 5.74) is 8.48. The van der Waals surface area contributed by atoms with Crippen molar-refractivity contribution in [2.75, 3.05) is 0 Å². The standard InChI is InChI=1S/C14H13ClN2O/c15-12-3-2-9(18)5-11(12)14-4-1-8(7-17-14)10-6-13(10)16/h1-5,7,10,13,18H,6,16H2/t10-,13+/m0/s1. The Labute approximate surface area is 110 Å². The number of hydrogen-bond acceptors (Lipinski definition) is 3. The topological polar surface area (TPSA) is 59.1 Å². The number of nitrogens with two attached hydrogens (primary N) is 1. The molecule has 0 radical (unpaired) electrons. The first-order chi connectivity index (χ1) is 8.65. The predicted molar refractivity (Wildman–Crippen MR) is 71.7 cm³/mol. The van der Waals surface area contributed by atoms with E-state index in [0.717, 1.165) is 17.7 Å². The lowest BCUT2D eigenvalue weighted by Gasteiger charge is -2.05. The SMILES string of the molecule is N[C@@H]1C[C@H]1c1ccc(-c2cc(O)ccc2Cl)nc1. The molecule has 0 unspecified atom stereocenters. The van der Waals surface area contributed by atoms with E-state index in [1.165, 1.54) is 5.56 Å². The van der Waals surface area contributed by atoms with E-state index in [9.17, 15) is 5.11 Å². The van der Waals surface area contributed by atoms with E-state index in [1.54, 1.807) is 18.2 Å². The number of rotatable bonds is 2. The van der Waals surface area contributed by atoms with Gasteiger partial charge in [-0.05, 0) is 36.2 Å². The first-order valence-corrected chi connectivity index (χ1v) is 6.23. The van der Waals surface area contributed by atoms with E-state index in [-0.39, 0.29) is 11.8 Å². The molecule has 1 fully saturated rings. The molecule has 1 aromatic heterocycles. The van der Waals surface area contributed by atoms with Crippen molar-refractivity contribution >= 4 is 11.6 Å². The molecular formula is C14H13ClN2O. The summed E-state index contributed by atoms with van der Waals surface area (Å²) in [7, 11) is 0. The zero-order chi connectivity index (χ0) is 12.7. The van der Waals surface area contributed by atoms with Gasteiger partial charge in [0.25, 0.3) is 0 Å². The monoisotopic (exact) mass is 260 g/mol. The van der Waals surface area contributed by atoms with Gasteiger partial charge in [-0.3, -0.25) is 4.98 Å². The molecule has 0 amide bonds. The Morgan fingerprint density at radius 1 is 1.28 bits per heavy atom. The molecule has 4 heteroatoms. The van der Waals surface area contributed by atoms with Crippen LogP contribution in [0.1, 0.15) is 17.9 Å². The minimum absolute atomic E-state index is 0.185. The summed E-state index contributed by atoms with van der Waals surface area (Å²) < 4.78 is 0. The number of hydrogen-bond donors (Lipinski definition) is 2. The fourth-order valence-electron chi connectivity index (χ4n) is 2.09. The molecule has 2 aromatic rings. The fraction of sp³-hybridized carbons (Fsp3) is 0.214. The highest BCUT2D eigenvalue weighted by atomic mass is 35.5. The third-order valence-corrected chi connectivity index (χ3v) is 3.61. The van der Waals surface area contributed by atoms with Crippen molar-refractivity contribution in [1.82, 2.24) is 4.98 Å². The maximum atomic E-state index is 9.48. The van der Waals surface area contributed by atoms with Crippen LogP contribution in [0.2, 0.25) is 5.02 Å². The Morgan fingerprint density at radius 3 is 2.67 bits per heavy atom. The highest BCUT2D eigenvalue weighted by molar-refractivity contribution is 6.33. The highest BCUT2D eigenvalue weighted by Crippen LogP contribution is 2.39. The second-order valence-electron chi connectivity index (χ2n) is 4.65. The normalized spacial score (nSPS) is 21.9. The lowest BCUT2D eigenvalue weighted by molar-refractivity contribution is 0.475. The average Bonchev–Trinajstić information content (AvgIpc) is 3.10. The van der Waals surface area contributed by atoms with Crippen LogP contribution < -0.4 is 5.73 Å². The summed E-state index contributed by atoms with van der Waals surface area (Å²) in [5.74, 6) is 0.635. The highest BCUT2D eigenvalue weighted by Gasteiger charge is 2.34. The van der Waals surface area contributed by atoms with Gasteiger partial charge in [-0.25, -0.2) is 0 Å². The number of phenolic OH excluding ortho intramolecular Hbond substituents is 1. The molecule has 1 heterocycles. The van der Waals surface area contributed by atoms with Gasteiger partial charge in [0.2, 0.25) is 0 Å². The third kappa shape index (κ3) is 2.07. The van der Waals surface area contributed by atoms with Gasteiger partial charge in [-0.2, -0.15) is 0 Å². The van der Waals surface area contributed by atoms with Crippen molar-refractivity contribution in [2.24, 2.45) is 5.73 Å². The number of benzene rings is 1. The molecule has 1 aliphatic carbocycles. The van der Waals surface area contributed by atoms with Gasteiger partial charge in [0.1, 0.15) is 5.75 Å². The van der Waals surface area contributed by atoms with E-state index in [4.69, 9.17) is 17.3 Å². The van der Waals surface area contributed by atoms with Crippen molar-refractivity contribution in [3.63, 3.8) is 0 Å². The fourth-order valence-corrected chi connectivity index (χ4v) is 2.31. The smallest absolute Gasteiger partial charge is 0.116 e. The molecule has 0 spiro atoms.